The molecule has 0 saturated heterocycles. The Balaban J connectivity index is -0.000000181. The topological polar surface area (TPSA) is 0 Å². The van der Waals surface area contributed by atoms with E-state index in [2.05, 4.69) is 86.2 Å². The van der Waals surface area contributed by atoms with Crippen molar-refractivity contribution in [2.45, 2.75) is 73.9 Å². The summed E-state index contributed by atoms with van der Waals surface area (Å²) < 4.78 is 0. The van der Waals surface area contributed by atoms with Crippen LogP contribution in [0.4, 0.5) is 0 Å². The summed E-state index contributed by atoms with van der Waals surface area (Å²) in [6.07, 6.45) is 4.66. The Morgan fingerprint density at radius 1 is 0.963 bits per heavy atom. The summed E-state index contributed by atoms with van der Waals surface area (Å²) in [7, 11) is -0.340. The summed E-state index contributed by atoms with van der Waals surface area (Å²) in [5.74, 6) is 0.560. The molecular formula is C22H37Cl3SiTi-. The smallest absolute Gasteiger partial charge is 0.0853 e. The molecule has 0 aromatic heterocycles. The van der Waals surface area contributed by atoms with Gasteiger partial charge in [-0.2, -0.15) is 11.1 Å². The van der Waals surface area contributed by atoms with Gasteiger partial charge in [-0.25, -0.2) is 5.57 Å². The number of aryl methyl sites for hydroxylation is 2. The number of hydrogen-bond acceptors (Lipinski definition) is 0. The zero-order valence-corrected chi connectivity index (χ0v) is 23.3. The van der Waals surface area contributed by atoms with E-state index < -0.39 is 0 Å². The Morgan fingerprint density at radius 2 is 1.41 bits per heavy atom. The van der Waals surface area contributed by atoms with Gasteiger partial charge in [0.05, 0.1) is 8.80 Å². The Hall–Kier alpha value is 0.501. The van der Waals surface area contributed by atoms with Crippen LogP contribution in [0.15, 0.2) is 34.9 Å². The second kappa shape index (κ2) is 16.3. The quantitative estimate of drug-likeness (QED) is 0.310. The Kier molecular flexibility index (Phi) is 21.1. The van der Waals surface area contributed by atoms with Crippen LogP contribution in [0.5, 0.6) is 0 Å². The van der Waals surface area contributed by atoms with Crippen LogP contribution in [0.25, 0.3) is 0 Å². The second-order valence-electron chi connectivity index (χ2n) is 7.17. The van der Waals surface area contributed by atoms with Crippen LogP contribution in [0.1, 0.15) is 59.1 Å². The molecule has 155 valence electrons. The fourth-order valence-electron chi connectivity index (χ4n) is 2.95. The first kappa shape index (κ1) is 35.0. The average molecular weight is 484 g/mol. The average Bonchev–Trinajstić information content (AvgIpc) is 2.71. The summed E-state index contributed by atoms with van der Waals surface area (Å²) in [4.78, 5) is 0. The van der Waals surface area contributed by atoms with Gasteiger partial charge in [0.15, 0.2) is 0 Å². The molecule has 0 aliphatic heterocycles. The van der Waals surface area contributed by atoms with Crippen LogP contribution in [-0.4, -0.2) is 8.80 Å². The molecule has 0 heterocycles. The second-order valence-corrected chi connectivity index (χ2v) is 10.1. The predicted molar refractivity (Wildman–Crippen MR) is 129 cm³/mol. The van der Waals surface area contributed by atoms with Gasteiger partial charge in [-0.15, -0.1) is 44.1 Å². The summed E-state index contributed by atoms with van der Waals surface area (Å²) >= 11 is 0. The molecule has 0 spiro atoms. The predicted octanol–water partition coefficient (Wildman–Crippen LogP) is 7.42. The maximum absolute atomic E-state index is 3.36. The summed E-state index contributed by atoms with van der Waals surface area (Å²) in [5.41, 5.74) is 7.94. The van der Waals surface area contributed by atoms with Crippen molar-refractivity contribution in [3.8, 4) is 0 Å². The van der Waals surface area contributed by atoms with E-state index in [0.717, 1.165) is 5.54 Å². The van der Waals surface area contributed by atoms with Gasteiger partial charge in [0.2, 0.25) is 0 Å². The van der Waals surface area contributed by atoms with Gasteiger partial charge in [0, 0.05) is 21.7 Å². The Bertz CT molecular complexity index is 591. The van der Waals surface area contributed by atoms with Gasteiger partial charge >= 0.3 is 0 Å². The van der Waals surface area contributed by atoms with Crippen LogP contribution < -0.4 is 5.19 Å². The molecule has 0 bridgehead atoms. The summed E-state index contributed by atoms with van der Waals surface area (Å²) in [6.45, 7) is 20.2. The number of benzene rings is 1. The number of halogens is 3. The van der Waals surface area contributed by atoms with E-state index in [0.29, 0.717) is 5.92 Å². The molecule has 5 heteroatoms. The number of hydrogen-bond donors (Lipinski definition) is 0. The molecule has 2 atom stereocenters. The molecule has 0 nitrogen and oxygen atoms in total. The van der Waals surface area contributed by atoms with Crippen molar-refractivity contribution < 1.29 is 21.7 Å². The van der Waals surface area contributed by atoms with Crippen molar-refractivity contribution in [1.29, 1.82) is 0 Å². The van der Waals surface area contributed by atoms with E-state index in [1.54, 1.807) is 5.19 Å². The Labute approximate surface area is 203 Å². The van der Waals surface area contributed by atoms with Crippen molar-refractivity contribution in [2.75, 3.05) is 0 Å². The maximum atomic E-state index is 3.36. The monoisotopic (exact) mass is 482 g/mol. The van der Waals surface area contributed by atoms with Gasteiger partial charge in [0.25, 0.3) is 0 Å². The van der Waals surface area contributed by atoms with Crippen LogP contribution >= 0.6 is 37.2 Å². The number of rotatable bonds is 3. The molecule has 1 aliphatic rings. The normalized spacial score (nSPS) is 15.9. The maximum Gasteiger partial charge on any atom is 0.0853 e. The molecule has 0 fully saturated rings. The van der Waals surface area contributed by atoms with E-state index in [9.17, 15) is 0 Å². The molecule has 2 rings (SSSR count). The van der Waals surface area contributed by atoms with Gasteiger partial charge in [-0.3, -0.25) is 6.08 Å². The molecule has 0 amide bonds. The van der Waals surface area contributed by atoms with E-state index >= 15 is 0 Å². The van der Waals surface area contributed by atoms with Crippen LogP contribution in [0, 0.1) is 25.8 Å². The third kappa shape index (κ3) is 10.7. The van der Waals surface area contributed by atoms with Crippen molar-refractivity contribution in [1.82, 2.24) is 0 Å². The molecule has 2 unspecified atom stereocenters. The fourth-order valence-corrected chi connectivity index (χ4v) is 5.05. The third-order valence-corrected chi connectivity index (χ3v) is 8.35. The minimum absolute atomic E-state index is 0. The van der Waals surface area contributed by atoms with Gasteiger partial charge in [-0.05, 0) is 19.4 Å². The van der Waals surface area contributed by atoms with Crippen molar-refractivity contribution >= 4 is 51.2 Å². The first-order valence-electron chi connectivity index (χ1n) is 8.87. The molecule has 1 radical (unpaired) electrons. The third-order valence-electron chi connectivity index (χ3n) is 5.27. The Morgan fingerprint density at radius 3 is 1.67 bits per heavy atom. The van der Waals surface area contributed by atoms with Crippen LogP contribution in [0.3, 0.4) is 0 Å². The molecular weight excluding hydrogens is 447 g/mol. The molecule has 0 N–H and O–H groups in total. The van der Waals surface area contributed by atoms with Gasteiger partial charge in [-0.1, -0.05) is 88.0 Å². The first-order valence-corrected chi connectivity index (χ1v) is 10.9. The van der Waals surface area contributed by atoms with E-state index in [1.165, 1.54) is 34.3 Å². The van der Waals surface area contributed by atoms with Crippen molar-refractivity contribution in [3.63, 3.8) is 0 Å². The zero-order chi connectivity index (χ0) is 17.7. The van der Waals surface area contributed by atoms with Crippen LogP contribution in [0.2, 0.25) is 12.1 Å². The van der Waals surface area contributed by atoms with E-state index in [-0.39, 0.29) is 67.7 Å². The van der Waals surface area contributed by atoms with Crippen LogP contribution in [-0.2, 0) is 21.7 Å². The van der Waals surface area contributed by atoms with Gasteiger partial charge in [0.1, 0.15) is 0 Å². The number of allylic oxidation sites excluding steroid dienone is 4. The summed E-state index contributed by atoms with van der Waals surface area (Å²) in [5, 5.41) is 1.60. The largest absolute Gasteiger partial charge is 0.266 e. The zero-order valence-electron chi connectivity index (χ0n) is 18.3. The standard InChI is InChI=1S/C13H21Si.C9H13.3ClH.Ti/c1-6-12(4)14(5)13-8-10(2)7-11(3)9-13;1-6-5-7(2)9(4)8(6)3;;;;/h7-9,12H,6H2,1-5H3;6H,1-4H3;3*1H;/q;-1;;;;. The van der Waals surface area contributed by atoms with E-state index in [1.807, 2.05) is 0 Å². The summed E-state index contributed by atoms with van der Waals surface area (Å²) in [6, 6.07) is 7.00. The first-order chi connectivity index (χ1) is 10.7. The van der Waals surface area contributed by atoms with E-state index in [4.69, 9.17) is 0 Å². The molecule has 1 aromatic rings. The minimum atomic E-state index is -0.340. The van der Waals surface area contributed by atoms with Crippen molar-refractivity contribution in [2.24, 2.45) is 5.92 Å². The van der Waals surface area contributed by atoms with Crippen molar-refractivity contribution in [3.05, 3.63) is 52.1 Å². The molecule has 1 aliphatic carbocycles. The fraction of sp³-hybridized carbons (Fsp3) is 0.545. The van der Waals surface area contributed by atoms with Gasteiger partial charge < -0.3 is 0 Å². The molecule has 1 aromatic carbocycles. The molecule has 27 heavy (non-hydrogen) atoms. The molecule has 0 saturated carbocycles. The minimum Gasteiger partial charge on any atom is -0.266 e. The SMILES string of the molecule is CC1=[C-]C(C)C(C)=C1C.CCC(C)[Si](C)c1cc(C)cc(C)c1.Cl.Cl.Cl.[Ti].